The second kappa shape index (κ2) is 5.34. The second-order valence-electron chi connectivity index (χ2n) is 6.67. The second-order valence-corrected chi connectivity index (χ2v) is 6.67. The van der Waals surface area contributed by atoms with Crippen LogP contribution in [-0.2, 0) is 6.42 Å². The fourth-order valence-electron chi connectivity index (χ4n) is 3.60. The smallest absolute Gasteiger partial charge is 0.121 e. The molecule has 0 fully saturated rings. The van der Waals surface area contributed by atoms with E-state index in [-0.39, 0.29) is 6.04 Å². The van der Waals surface area contributed by atoms with Crippen molar-refractivity contribution in [1.29, 1.82) is 0 Å². The van der Waals surface area contributed by atoms with Gasteiger partial charge in [0, 0.05) is 17.2 Å². The third kappa shape index (κ3) is 2.19. The van der Waals surface area contributed by atoms with Gasteiger partial charge in [-0.25, -0.2) is 4.68 Å². The van der Waals surface area contributed by atoms with Gasteiger partial charge in [-0.1, -0.05) is 60.7 Å². The van der Waals surface area contributed by atoms with E-state index in [1.807, 2.05) is 0 Å². The molecule has 2 aromatic carbocycles. The van der Waals surface area contributed by atoms with Gasteiger partial charge in [-0.15, -0.1) is 5.10 Å². The van der Waals surface area contributed by atoms with Gasteiger partial charge >= 0.3 is 0 Å². The van der Waals surface area contributed by atoms with E-state index >= 15 is 0 Å². The molecule has 0 saturated heterocycles. The Morgan fingerprint density at radius 2 is 1.70 bits per heavy atom. The Morgan fingerprint density at radius 3 is 2.48 bits per heavy atom. The van der Waals surface area contributed by atoms with Crippen molar-refractivity contribution in [3.05, 3.63) is 59.7 Å². The molecular weight excluding hydrogens is 282 g/mol. The van der Waals surface area contributed by atoms with Crippen molar-refractivity contribution in [2.24, 2.45) is 0 Å². The minimum absolute atomic E-state index is 0.281. The van der Waals surface area contributed by atoms with E-state index in [1.165, 1.54) is 22.3 Å². The van der Waals surface area contributed by atoms with Crippen molar-refractivity contribution < 1.29 is 0 Å². The third-order valence-electron chi connectivity index (χ3n) is 4.73. The maximum Gasteiger partial charge on any atom is 0.121 e. The molecule has 0 radical (unpaired) electrons. The molecule has 1 aromatic heterocycles. The number of hydrogen-bond donors (Lipinski definition) is 0. The lowest BCUT2D eigenvalue weighted by molar-refractivity contribution is 0.519. The van der Waals surface area contributed by atoms with E-state index in [2.05, 4.69) is 84.3 Å². The Balaban J connectivity index is 2.10. The average molecular weight is 303 g/mol. The fourth-order valence-corrected chi connectivity index (χ4v) is 3.60. The number of aromatic nitrogens is 3. The van der Waals surface area contributed by atoms with E-state index in [0.717, 1.165) is 17.8 Å². The summed E-state index contributed by atoms with van der Waals surface area (Å²) in [5.74, 6) is 0.463. The van der Waals surface area contributed by atoms with Crippen LogP contribution in [0.1, 0.15) is 43.9 Å². The number of hydrogen-bond acceptors (Lipinski definition) is 2. The lowest BCUT2D eigenvalue weighted by Gasteiger charge is -2.22. The zero-order valence-electron chi connectivity index (χ0n) is 13.8. The van der Waals surface area contributed by atoms with Gasteiger partial charge < -0.3 is 0 Å². The molecule has 1 aliphatic carbocycles. The summed E-state index contributed by atoms with van der Waals surface area (Å²) in [6.45, 7) is 6.61. The number of nitrogens with zero attached hydrogens (tertiary/aromatic N) is 3. The minimum atomic E-state index is 0.281. The summed E-state index contributed by atoms with van der Waals surface area (Å²) in [7, 11) is 0. The van der Waals surface area contributed by atoms with E-state index in [4.69, 9.17) is 0 Å². The zero-order valence-corrected chi connectivity index (χ0v) is 13.8. The molecule has 0 aliphatic heterocycles. The molecule has 1 aliphatic rings. The Morgan fingerprint density at radius 1 is 1.00 bits per heavy atom. The average Bonchev–Trinajstić information content (AvgIpc) is 2.99. The van der Waals surface area contributed by atoms with Crippen molar-refractivity contribution in [2.45, 2.75) is 39.2 Å². The lowest BCUT2D eigenvalue weighted by Crippen LogP contribution is -2.10. The molecule has 3 heteroatoms. The Labute approximate surface area is 137 Å². The van der Waals surface area contributed by atoms with E-state index < -0.39 is 0 Å². The predicted octanol–water partition coefficient (Wildman–Crippen LogP) is 4.85. The van der Waals surface area contributed by atoms with Gasteiger partial charge in [-0.3, -0.25) is 0 Å². The molecule has 3 nitrogen and oxygen atoms in total. The highest BCUT2D eigenvalue weighted by molar-refractivity contribution is 5.82. The maximum atomic E-state index is 4.57. The molecule has 1 heterocycles. The zero-order chi connectivity index (χ0) is 16.0. The highest BCUT2D eigenvalue weighted by atomic mass is 15.4. The Bertz CT molecular complexity index is 861. The van der Waals surface area contributed by atoms with Crippen LogP contribution in [0.5, 0.6) is 0 Å². The summed E-state index contributed by atoms with van der Waals surface area (Å²) in [4.78, 5) is 0. The number of fused-ring (bicyclic) bond motifs is 5. The van der Waals surface area contributed by atoms with Gasteiger partial charge in [0.15, 0.2) is 0 Å². The SMILES string of the molecule is CC1Cc2ccccc2-c2c(nnn2C(C)C)-c2ccccc21. The largest absolute Gasteiger partial charge is 0.242 e. The molecular formula is C20H21N3. The number of benzene rings is 2. The van der Waals surface area contributed by atoms with Gasteiger partial charge in [0.25, 0.3) is 0 Å². The molecule has 0 bridgehead atoms. The third-order valence-corrected chi connectivity index (χ3v) is 4.73. The molecule has 0 saturated carbocycles. The Hall–Kier alpha value is -2.42. The van der Waals surface area contributed by atoms with Crippen molar-refractivity contribution in [3.8, 4) is 22.5 Å². The first-order chi connectivity index (χ1) is 11.2. The van der Waals surface area contributed by atoms with Crippen LogP contribution in [0, 0.1) is 0 Å². The van der Waals surface area contributed by atoms with Crippen LogP contribution in [0.3, 0.4) is 0 Å². The van der Waals surface area contributed by atoms with Crippen LogP contribution < -0.4 is 0 Å². The van der Waals surface area contributed by atoms with Crippen molar-refractivity contribution >= 4 is 0 Å². The van der Waals surface area contributed by atoms with Gasteiger partial charge in [-0.05, 0) is 37.3 Å². The predicted molar refractivity (Wildman–Crippen MR) is 93.4 cm³/mol. The van der Waals surface area contributed by atoms with Crippen LogP contribution in [0.4, 0.5) is 0 Å². The van der Waals surface area contributed by atoms with Crippen molar-refractivity contribution in [3.63, 3.8) is 0 Å². The van der Waals surface area contributed by atoms with Gasteiger partial charge in [0.05, 0.1) is 5.69 Å². The number of rotatable bonds is 1. The fraction of sp³-hybridized carbons (Fsp3) is 0.300. The van der Waals surface area contributed by atoms with E-state index in [0.29, 0.717) is 5.92 Å². The molecule has 0 amide bonds. The molecule has 23 heavy (non-hydrogen) atoms. The molecule has 0 spiro atoms. The molecule has 4 rings (SSSR count). The Kier molecular flexibility index (Phi) is 3.29. The highest BCUT2D eigenvalue weighted by Crippen LogP contribution is 2.41. The molecule has 1 atom stereocenters. The summed E-state index contributed by atoms with van der Waals surface area (Å²) in [6, 6.07) is 17.6. The summed E-state index contributed by atoms with van der Waals surface area (Å²) >= 11 is 0. The normalized spacial score (nSPS) is 16.3. The topological polar surface area (TPSA) is 30.7 Å². The minimum Gasteiger partial charge on any atom is -0.242 e. The van der Waals surface area contributed by atoms with Crippen LogP contribution in [0.2, 0.25) is 0 Å². The van der Waals surface area contributed by atoms with Gasteiger partial charge in [0.2, 0.25) is 0 Å². The quantitative estimate of drug-likeness (QED) is 0.643. The summed E-state index contributed by atoms with van der Waals surface area (Å²) in [5.41, 5.74) is 7.38. The first-order valence-electron chi connectivity index (χ1n) is 8.29. The summed E-state index contributed by atoms with van der Waals surface area (Å²) in [5, 5.41) is 9.04. The van der Waals surface area contributed by atoms with Crippen LogP contribution >= 0.6 is 0 Å². The molecule has 116 valence electrons. The summed E-state index contributed by atoms with van der Waals surface area (Å²) < 4.78 is 2.06. The van der Waals surface area contributed by atoms with Crippen LogP contribution in [0.25, 0.3) is 22.5 Å². The van der Waals surface area contributed by atoms with E-state index in [9.17, 15) is 0 Å². The van der Waals surface area contributed by atoms with Crippen LogP contribution in [-0.4, -0.2) is 15.0 Å². The highest BCUT2D eigenvalue weighted by Gasteiger charge is 2.26. The molecule has 0 N–H and O–H groups in total. The first-order valence-corrected chi connectivity index (χ1v) is 8.29. The lowest BCUT2D eigenvalue weighted by atomic mass is 9.83. The van der Waals surface area contributed by atoms with Crippen molar-refractivity contribution in [2.75, 3.05) is 0 Å². The van der Waals surface area contributed by atoms with E-state index in [1.54, 1.807) is 0 Å². The standard InChI is InChI=1S/C20H21N3/c1-13(2)23-20-17-10-5-4-8-15(17)12-14(3)16-9-6-7-11-18(16)19(20)21-22-23/h4-11,13-14H,12H2,1-3H3. The molecule has 3 aromatic rings. The van der Waals surface area contributed by atoms with Gasteiger partial charge in [-0.2, -0.15) is 0 Å². The van der Waals surface area contributed by atoms with Gasteiger partial charge in [0.1, 0.15) is 5.69 Å². The molecule has 1 unspecified atom stereocenters. The van der Waals surface area contributed by atoms with Crippen LogP contribution in [0.15, 0.2) is 48.5 Å². The maximum absolute atomic E-state index is 4.57. The first kappa shape index (κ1) is 14.2. The monoisotopic (exact) mass is 303 g/mol. The summed E-state index contributed by atoms with van der Waals surface area (Å²) in [6.07, 6.45) is 1.04. The van der Waals surface area contributed by atoms with Crippen molar-refractivity contribution in [1.82, 2.24) is 15.0 Å².